The highest BCUT2D eigenvalue weighted by Crippen LogP contribution is 2.14. The normalized spacial score (nSPS) is 27.9. The number of nitrogens with one attached hydrogen (secondary N) is 1. The Morgan fingerprint density at radius 1 is 1.46 bits per heavy atom. The number of nitrogens with zero attached hydrogens (tertiary/aromatic N) is 1. The largest absolute Gasteiger partial charge is 0.327 e. The van der Waals surface area contributed by atoms with Crippen molar-refractivity contribution >= 4 is 0 Å². The van der Waals surface area contributed by atoms with Gasteiger partial charge in [0.15, 0.2) is 0 Å². The number of hydrogen-bond donors (Lipinski definition) is 2. The van der Waals surface area contributed by atoms with Gasteiger partial charge in [-0.25, -0.2) is 0 Å². The van der Waals surface area contributed by atoms with Crippen LogP contribution in [-0.2, 0) is 0 Å². The molecule has 1 aliphatic heterocycles. The SMILES string of the molecule is CC(N)CN1CNCC(C(C)C)C1. The van der Waals surface area contributed by atoms with E-state index in [0.717, 1.165) is 31.6 Å². The molecule has 2 unspecified atom stereocenters. The van der Waals surface area contributed by atoms with Gasteiger partial charge in [-0.2, -0.15) is 0 Å². The second kappa shape index (κ2) is 4.94. The van der Waals surface area contributed by atoms with E-state index in [-0.39, 0.29) is 6.04 Å². The molecular weight excluding hydrogens is 162 g/mol. The summed E-state index contributed by atoms with van der Waals surface area (Å²) in [6.07, 6.45) is 0. The van der Waals surface area contributed by atoms with Crippen LogP contribution in [0.1, 0.15) is 20.8 Å². The van der Waals surface area contributed by atoms with Gasteiger partial charge in [-0.3, -0.25) is 4.90 Å². The zero-order valence-electron chi connectivity index (χ0n) is 9.09. The van der Waals surface area contributed by atoms with Crippen molar-refractivity contribution in [1.82, 2.24) is 10.2 Å². The Labute approximate surface area is 81.7 Å². The van der Waals surface area contributed by atoms with Gasteiger partial charge in [-0.05, 0) is 18.8 Å². The van der Waals surface area contributed by atoms with Crippen LogP contribution in [0.15, 0.2) is 0 Å². The van der Waals surface area contributed by atoms with Crippen LogP contribution in [0.25, 0.3) is 0 Å². The second-order valence-electron chi connectivity index (χ2n) is 4.63. The van der Waals surface area contributed by atoms with E-state index in [0.29, 0.717) is 0 Å². The van der Waals surface area contributed by atoms with Gasteiger partial charge >= 0.3 is 0 Å². The standard InChI is InChI=1S/C10H23N3/c1-8(2)10-4-12-7-13(6-10)5-9(3)11/h8-10,12H,4-7,11H2,1-3H3. The maximum Gasteiger partial charge on any atom is 0.0481 e. The summed E-state index contributed by atoms with van der Waals surface area (Å²) in [5.41, 5.74) is 5.78. The molecule has 0 radical (unpaired) electrons. The zero-order valence-corrected chi connectivity index (χ0v) is 9.09. The lowest BCUT2D eigenvalue weighted by molar-refractivity contribution is 0.135. The first kappa shape index (κ1) is 11.0. The molecule has 1 fully saturated rings. The van der Waals surface area contributed by atoms with Gasteiger partial charge in [0.1, 0.15) is 0 Å². The molecule has 13 heavy (non-hydrogen) atoms. The maximum absolute atomic E-state index is 5.78. The molecule has 0 spiro atoms. The van der Waals surface area contributed by atoms with Crippen molar-refractivity contribution in [3.05, 3.63) is 0 Å². The first-order valence-electron chi connectivity index (χ1n) is 5.28. The summed E-state index contributed by atoms with van der Waals surface area (Å²) >= 11 is 0. The van der Waals surface area contributed by atoms with Crippen LogP contribution < -0.4 is 11.1 Å². The molecule has 1 aliphatic rings. The minimum absolute atomic E-state index is 0.285. The summed E-state index contributed by atoms with van der Waals surface area (Å²) in [7, 11) is 0. The molecule has 0 aromatic heterocycles. The number of hydrogen-bond acceptors (Lipinski definition) is 3. The van der Waals surface area contributed by atoms with Crippen molar-refractivity contribution in [3.8, 4) is 0 Å². The van der Waals surface area contributed by atoms with E-state index in [2.05, 4.69) is 31.0 Å². The van der Waals surface area contributed by atoms with E-state index in [1.807, 2.05) is 0 Å². The molecule has 0 saturated carbocycles. The predicted octanol–water partition coefficient (Wildman–Crippen LogP) is 0.469. The van der Waals surface area contributed by atoms with Gasteiger partial charge in [0, 0.05) is 32.3 Å². The molecule has 0 amide bonds. The zero-order chi connectivity index (χ0) is 9.84. The lowest BCUT2D eigenvalue weighted by Gasteiger charge is -2.36. The van der Waals surface area contributed by atoms with Crippen LogP contribution >= 0.6 is 0 Å². The highest BCUT2D eigenvalue weighted by atomic mass is 15.2. The van der Waals surface area contributed by atoms with Crippen molar-refractivity contribution in [2.45, 2.75) is 26.8 Å². The van der Waals surface area contributed by atoms with Gasteiger partial charge < -0.3 is 11.1 Å². The van der Waals surface area contributed by atoms with Gasteiger partial charge in [0.05, 0.1) is 0 Å². The lowest BCUT2D eigenvalue weighted by Crippen LogP contribution is -2.51. The third-order valence-corrected chi connectivity index (χ3v) is 2.72. The van der Waals surface area contributed by atoms with Crippen LogP contribution in [0.2, 0.25) is 0 Å². The molecule has 1 saturated heterocycles. The molecule has 3 heteroatoms. The van der Waals surface area contributed by atoms with Crippen molar-refractivity contribution in [3.63, 3.8) is 0 Å². The highest BCUT2D eigenvalue weighted by Gasteiger charge is 2.21. The lowest BCUT2D eigenvalue weighted by atomic mass is 9.94. The fourth-order valence-electron chi connectivity index (χ4n) is 1.86. The molecule has 0 bridgehead atoms. The average Bonchev–Trinajstić information content (AvgIpc) is 2.03. The molecule has 3 nitrogen and oxygen atoms in total. The minimum atomic E-state index is 0.285. The molecule has 0 aliphatic carbocycles. The third kappa shape index (κ3) is 3.63. The van der Waals surface area contributed by atoms with E-state index in [1.165, 1.54) is 6.54 Å². The Morgan fingerprint density at radius 3 is 2.69 bits per heavy atom. The number of rotatable bonds is 3. The molecule has 0 aromatic carbocycles. The number of nitrogens with two attached hydrogens (primary N) is 1. The Bertz CT molecular complexity index is 145. The van der Waals surface area contributed by atoms with Crippen molar-refractivity contribution < 1.29 is 0 Å². The van der Waals surface area contributed by atoms with Crippen LogP contribution in [0.5, 0.6) is 0 Å². The van der Waals surface area contributed by atoms with Gasteiger partial charge in [-0.1, -0.05) is 13.8 Å². The van der Waals surface area contributed by atoms with Crippen molar-refractivity contribution in [2.24, 2.45) is 17.6 Å². The molecule has 78 valence electrons. The quantitative estimate of drug-likeness (QED) is 0.671. The predicted molar refractivity (Wildman–Crippen MR) is 56.4 cm³/mol. The van der Waals surface area contributed by atoms with Crippen LogP contribution in [0, 0.1) is 11.8 Å². The summed E-state index contributed by atoms with van der Waals surface area (Å²) in [6.45, 7) is 11.0. The monoisotopic (exact) mass is 185 g/mol. The molecule has 3 N–H and O–H groups in total. The molecular formula is C10H23N3. The van der Waals surface area contributed by atoms with Crippen molar-refractivity contribution in [1.29, 1.82) is 0 Å². The molecule has 1 rings (SSSR count). The smallest absolute Gasteiger partial charge is 0.0481 e. The second-order valence-corrected chi connectivity index (χ2v) is 4.63. The summed E-state index contributed by atoms with van der Waals surface area (Å²) in [5.74, 6) is 1.55. The Kier molecular flexibility index (Phi) is 4.16. The maximum atomic E-state index is 5.78. The minimum Gasteiger partial charge on any atom is -0.327 e. The Morgan fingerprint density at radius 2 is 2.15 bits per heavy atom. The van der Waals surface area contributed by atoms with Crippen LogP contribution in [-0.4, -0.2) is 37.2 Å². The van der Waals surface area contributed by atoms with Crippen LogP contribution in [0.3, 0.4) is 0 Å². The van der Waals surface area contributed by atoms with Gasteiger partial charge in [0.2, 0.25) is 0 Å². The Balaban J connectivity index is 2.33. The first-order chi connectivity index (χ1) is 6.09. The molecule has 1 heterocycles. The summed E-state index contributed by atoms with van der Waals surface area (Å²) in [6, 6.07) is 0.285. The Hall–Kier alpha value is -0.120. The summed E-state index contributed by atoms with van der Waals surface area (Å²) in [4.78, 5) is 2.42. The van der Waals surface area contributed by atoms with E-state index in [1.54, 1.807) is 0 Å². The topological polar surface area (TPSA) is 41.3 Å². The summed E-state index contributed by atoms with van der Waals surface area (Å²) < 4.78 is 0. The highest BCUT2D eigenvalue weighted by molar-refractivity contribution is 4.77. The average molecular weight is 185 g/mol. The molecule has 0 aromatic rings. The van der Waals surface area contributed by atoms with E-state index < -0.39 is 0 Å². The third-order valence-electron chi connectivity index (χ3n) is 2.72. The van der Waals surface area contributed by atoms with Gasteiger partial charge in [-0.15, -0.1) is 0 Å². The fourth-order valence-corrected chi connectivity index (χ4v) is 1.86. The van der Waals surface area contributed by atoms with Crippen LogP contribution in [0.4, 0.5) is 0 Å². The van der Waals surface area contributed by atoms with Gasteiger partial charge in [0.25, 0.3) is 0 Å². The summed E-state index contributed by atoms with van der Waals surface area (Å²) in [5, 5.41) is 3.44. The fraction of sp³-hybridized carbons (Fsp3) is 1.00. The molecule has 2 atom stereocenters. The van der Waals surface area contributed by atoms with E-state index in [4.69, 9.17) is 5.73 Å². The van der Waals surface area contributed by atoms with Crippen molar-refractivity contribution in [2.75, 3.05) is 26.3 Å². The van der Waals surface area contributed by atoms with E-state index in [9.17, 15) is 0 Å². The first-order valence-corrected chi connectivity index (χ1v) is 5.28. The van der Waals surface area contributed by atoms with E-state index >= 15 is 0 Å².